The molecule has 17 heavy (non-hydrogen) atoms. The highest BCUT2D eigenvalue weighted by atomic mass is 16.3. The molecule has 88 valence electrons. The Morgan fingerprint density at radius 3 is 1.94 bits per heavy atom. The molecule has 0 saturated carbocycles. The summed E-state index contributed by atoms with van der Waals surface area (Å²) in [6, 6.07) is 20.5. The molecule has 0 fully saturated rings. The highest BCUT2D eigenvalue weighted by Crippen LogP contribution is 2.24. The van der Waals surface area contributed by atoms with E-state index in [-0.39, 0.29) is 12.0 Å². The molecular weight excluding hydrogens is 208 g/mol. The van der Waals surface area contributed by atoms with Crippen molar-refractivity contribution in [2.75, 3.05) is 0 Å². The molecule has 0 radical (unpaired) electrons. The van der Waals surface area contributed by atoms with Crippen LogP contribution in [0.3, 0.4) is 0 Å². The fraction of sp³-hybridized carbons (Fsp3) is 0.250. The van der Waals surface area contributed by atoms with Crippen LogP contribution in [0.25, 0.3) is 0 Å². The summed E-state index contributed by atoms with van der Waals surface area (Å²) in [5.74, 6) is 0.165. The van der Waals surface area contributed by atoms with Crippen LogP contribution in [0, 0.1) is 0 Å². The molecule has 0 aliphatic carbocycles. The Balaban J connectivity index is 2.20. The summed E-state index contributed by atoms with van der Waals surface area (Å²) in [6.45, 7) is 1.86. The molecule has 0 saturated heterocycles. The molecule has 1 N–H and O–H groups in total. The van der Waals surface area contributed by atoms with Gasteiger partial charge in [-0.1, -0.05) is 60.7 Å². The number of hydrogen-bond acceptors (Lipinski definition) is 1. The average Bonchev–Trinajstić information content (AvgIpc) is 2.38. The lowest BCUT2D eigenvalue weighted by molar-refractivity contribution is 0.161. The first-order chi connectivity index (χ1) is 8.27. The minimum atomic E-state index is -0.336. The minimum Gasteiger partial charge on any atom is -0.393 e. The van der Waals surface area contributed by atoms with E-state index in [9.17, 15) is 5.11 Å². The Hall–Kier alpha value is -1.60. The van der Waals surface area contributed by atoms with E-state index in [0.29, 0.717) is 0 Å². The number of rotatable bonds is 4. The number of aliphatic hydroxyl groups excluding tert-OH is 1. The van der Waals surface area contributed by atoms with Gasteiger partial charge in [0.05, 0.1) is 6.10 Å². The van der Waals surface area contributed by atoms with E-state index in [4.69, 9.17) is 0 Å². The van der Waals surface area contributed by atoms with E-state index >= 15 is 0 Å². The van der Waals surface area contributed by atoms with Crippen molar-refractivity contribution < 1.29 is 5.11 Å². The summed E-state index contributed by atoms with van der Waals surface area (Å²) in [7, 11) is 0. The molecule has 0 amide bonds. The first-order valence-corrected chi connectivity index (χ1v) is 6.04. The van der Waals surface area contributed by atoms with Crippen molar-refractivity contribution in [3.8, 4) is 0 Å². The van der Waals surface area contributed by atoms with E-state index in [1.807, 2.05) is 43.3 Å². The predicted octanol–water partition coefficient (Wildman–Crippen LogP) is 3.39. The molecule has 2 aromatic rings. The van der Waals surface area contributed by atoms with Gasteiger partial charge in [0.1, 0.15) is 0 Å². The fourth-order valence-electron chi connectivity index (χ4n) is 2.14. The predicted molar refractivity (Wildman–Crippen MR) is 71.0 cm³/mol. The summed E-state index contributed by atoms with van der Waals surface area (Å²) in [6.07, 6.45) is 0.542. The van der Waals surface area contributed by atoms with Gasteiger partial charge in [0, 0.05) is 5.92 Å². The molecule has 2 rings (SSSR count). The Morgan fingerprint density at radius 1 is 0.882 bits per heavy atom. The molecule has 2 unspecified atom stereocenters. The molecule has 1 heteroatoms. The summed E-state index contributed by atoms with van der Waals surface area (Å²) in [5, 5.41) is 9.93. The van der Waals surface area contributed by atoms with Crippen molar-refractivity contribution in [2.24, 2.45) is 0 Å². The molecule has 2 atom stereocenters. The van der Waals surface area contributed by atoms with Gasteiger partial charge < -0.3 is 5.11 Å². The van der Waals surface area contributed by atoms with Crippen LogP contribution in [0.5, 0.6) is 0 Å². The Morgan fingerprint density at radius 2 is 1.41 bits per heavy atom. The Kier molecular flexibility index (Phi) is 3.94. The van der Waals surface area contributed by atoms with Crippen LogP contribution >= 0.6 is 0 Å². The molecule has 0 spiro atoms. The van der Waals surface area contributed by atoms with Gasteiger partial charge in [0.2, 0.25) is 0 Å². The summed E-state index contributed by atoms with van der Waals surface area (Å²) < 4.78 is 0. The third kappa shape index (κ3) is 3.18. The van der Waals surface area contributed by atoms with Crippen LogP contribution in [-0.4, -0.2) is 11.2 Å². The van der Waals surface area contributed by atoms with Crippen molar-refractivity contribution >= 4 is 0 Å². The first-order valence-electron chi connectivity index (χ1n) is 6.04. The minimum absolute atomic E-state index is 0.165. The largest absolute Gasteiger partial charge is 0.393 e. The maximum Gasteiger partial charge on any atom is 0.0583 e. The van der Waals surface area contributed by atoms with Gasteiger partial charge in [0.15, 0.2) is 0 Å². The van der Waals surface area contributed by atoms with Crippen LogP contribution in [0.15, 0.2) is 60.7 Å². The van der Waals surface area contributed by atoms with Crippen molar-refractivity contribution in [2.45, 2.75) is 25.4 Å². The zero-order valence-electron chi connectivity index (χ0n) is 10.1. The highest BCUT2D eigenvalue weighted by molar-refractivity contribution is 5.25. The smallest absolute Gasteiger partial charge is 0.0583 e. The van der Waals surface area contributed by atoms with Crippen molar-refractivity contribution in [3.63, 3.8) is 0 Å². The third-order valence-electron chi connectivity index (χ3n) is 3.11. The number of benzene rings is 2. The van der Waals surface area contributed by atoms with Crippen LogP contribution in [0.2, 0.25) is 0 Å². The molecule has 0 bridgehead atoms. The molecule has 1 nitrogen and oxygen atoms in total. The Bertz CT molecular complexity index is 434. The summed E-state index contributed by atoms with van der Waals surface area (Å²) in [4.78, 5) is 0. The van der Waals surface area contributed by atoms with Gasteiger partial charge in [-0.25, -0.2) is 0 Å². The van der Waals surface area contributed by atoms with Crippen molar-refractivity contribution in [3.05, 3.63) is 71.8 Å². The van der Waals surface area contributed by atoms with Gasteiger partial charge in [-0.15, -0.1) is 0 Å². The van der Waals surface area contributed by atoms with E-state index in [1.54, 1.807) is 0 Å². The van der Waals surface area contributed by atoms with E-state index < -0.39 is 0 Å². The molecule has 2 aromatic carbocycles. The van der Waals surface area contributed by atoms with Gasteiger partial charge >= 0.3 is 0 Å². The topological polar surface area (TPSA) is 20.2 Å². The fourth-order valence-corrected chi connectivity index (χ4v) is 2.14. The third-order valence-corrected chi connectivity index (χ3v) is 3.11. The van der Waals surface area contributed by atoms with E-state index in [2.05, 4.69) is 24.3 Å². The molecule has 0 aromatic heterocycles. The van der Waals surface area contributed by atoms with E-state index in [0.717, 1.165) is 6.42 Å². The van der Waals surface area contributed by atoms with E-state index in [1.165, 1.54) is 11.1 Å². The second-order valence-electron chi connectivity index (χ2n) is 4.45. The lowest BCUT2D eigenvalue weighted by atomic mass is 9.88. The molecule has 0 aliphatic rings. The maximum atomic E-state index is 9.93. The number of hydrogen-bond donors (Lipinski definition) is 1. The first kappa shape index (κ1) is 11.9. The standard InChI is InChI=1S/C16H18O/c1-13(17)16(15-10-6-3-7-11-15)12-14-8-4-2-5-9-14/h2-11,13,16-17H,12H2,1H3. The lowest BCUT2D eigenvalue weighted by Crippen LogP contribution is -2.17. The van der Waals surface area contributed by atoms with Crippen molar-refractivity contribution in [1.82, 2.24) is 0 Å². The zero-order valence-corrected chi connectivity index (χ0v) is 10.1. The van der Waals surface area contributed by atoms with Crippen LogP contribution < -0.4 is 0 Å². The normalized spacial score (nSPS) is 14.2. The number of aliphatic hydroxyl groups is 1. The second kappa shape index (κ2) is 5.65. The lowest BCUT2D eigenvalue weighted by Gasteiger charge is -2.20. The second-order valence-corrected chi connectivity index (χ2v) is 4.45. The highest BCUT2D eigenvalue weighted by Gasteiger charge is 2.17. The van der Waals surface area contributed by atoms with Crippen LogP contribution in [-0.2, 0) is 6.42 Å². The zero-order chi connectivity index (χ0) is 12.1. The Labute approximate surface area is 103 Å². The van der Waals surface area contributed by atoms with Gasteiger partial charge in [-0.3, -0.25) is 0 Å². The van der Waals surface area contributed by atoms with Crippen LogP contribution in [0.1, 0.15) is 24.0 Å². The van der Waals surface area contributed by atoms with Crippen molar-refractivity contribution in [1.29, 1.82) is 0 Å². The monoisotopic (exact) mass is 226 g/mol. The quantitative estimate of drug-likeness (QED) is 0.847. The average molecular weight is 226 g/mol. The van der Waals surface area contributed by atoms with Gasteiger partial charge in [0.25, 0.3) is 0 Å². The maximum absolute atomic E-state index is 9.93. The molecular formula is C16H18O. The molecule has 0 aliphatic heterocycles. The summed E-state index contributed by atoms with van der Waals surface area (Å²) in [5.41, 5.74) is 2.47. The van der Waals surface area contributed by atoms with Gasteiger partial charge in [-0.2, -0.15) is 0 Å². The summed E-state index contributed by atoms with van der Waals surface area (Å²) >= 11 is 0. The van der Waals surface area contributed by atoms with Gasteiger partial charge in [-0.05, 0) is 24.5 Å². The van der Waals surface area contributed by atoms with Crippen LogP contribution in [0.4, 0.5) is 0 Å². The SMILES string of the molecule is CC(O)C(Cc1ccccc1)c1ccccc1. The molecule has 0 heterocycles.